The lowest BCUT2D eigenvalue weighted by Gasteiger charge is -2.15. The highest BCUT2D eigenvalue weighted by Crippen LogP contribution is 2.34. The Labute approximate surface area is 154 Å². The molecule has 0 aliphatic carbocycles. The van der Waals surface area contributed by atoms with Gasteiger partial charge in [0.05, 0.1) is 19.9 Å². The Kier molecular flexibility index (Phi) is 5.20. The predicted octanol–water partition coefficient (Wildman–Crippen LogP) is 3.84. The van der Waals surface area contributed by atoms with Crippen molar-refractivity contribution in [1.82, 2.24) is 9.97 Å². The standard InChI is InChI=1S/C18H17F2N5O2/c1-26-11-4-6-14(15(8-11)27-2)25-18-16(21)17(22-9-23-18)24-10-3-5-12(19)13(20)7-10/h3-9H,21H2,1-2H3,(H2,22,23,24,25). The maximum Gasteiger partial charge on any atom is 0.160 e. The number of hydrogen-bond acceptors (Lipinski definition) is 7. The van der Waals surface area contributed by atoms with Crippen LogP contribution in [0.2, 0.25) is 0 Å². The van der Waals surface area contributed by atoms with Gasteiger partial charge in [-0.25, -0.2) is 18.7 Å². The minimum absolute atomic E-state index is 0.195. The Morgan fingerprint density at radius 3 is 2.30 bits per heavy atom. The number of nitrogens with zero attached hydrogens (tertiary/aromatic N) is 2. The number of rotatable bonds is 6. The third-order valence-corrected chi connectivity index (χ3v) is 3.73. The first-order chi connectivity index (χ1) is 13.0. The van der Waals surface area contributed by atoms with Crippen LogP contribution in [0.15, 0.2) is 42.7 Å². The summed E-state index contributed by atoms with van der Waals surface area (Å²) in [5, 5.41) is 5.90. The summed E-state index contributed by atoms with van der Waals surface area (Å²) in [6, 6.07) is 8.61. The number of methoxy groups -OCH3 is 2. The SMILES string of the molecule is COc1ccc(Nc2ncnc(Nc3ccc(F)c(F)c3)c2N)c(OC)c1. The van der Waals surface area contributed by atoms with Crippen molar-refractivity contribution in [3.63, 3.8) is 0 Å². The molecule has 4 N–H and O–H groups in total. The lowest BCUT2D eigenvalue weighted by molar-refractivity contribution is 0.395. The molecule has 0 radical (unpaired) electrons. The molecule has 0 bridgehead atoms. The van der Waals surface area contributed by atoms with Crippen LogP contribution in [0.1, 0.15) is 0 Å². The quantitative estimate of drug-likeness (QED) is 0.604. The van der Waals surface area contributed by atoms with Gasteiger partial charge in [0.25, 0.3) is 0 Å². The largest absolute Gasteiger partial charge is 0.497 e. The van der Waals surface area contributed by atoms with Gasteiger partial charge in [0.15, 0.2) is 23.3 Å². The Hall–Kier alpha value is -3.62. The van der Waals surface area contributed by atoms with Crippen molar-refractivity contribution in [3.8, 4) is 11.5 Å². The average molecular weight is 373 g/mol. The van der Waals surface area contributed by atoms with Crippen LogP contribution in [0.4, 0.5) is 37.5 Å². The van der Waals surface area contributed by atoms with Gasteiger partial charge in [-0.05, 0) is 24.3 Å². The first-order valence-corrected chi connectivity index (χ1v) is 7.83. The molecular weight excluding hydrogens is 356 g/mol. The number of ether oxygens (including phenoxy) is 2. The fraction of sp³-hybridized carbons (Fsp3) is 0.111. The molecule has 3 aromatic rings. The van der Waals surface area contributed by atoms with Crippen LogP contribution in [0, 0.1) is 11.6 Å². The third-order valence-electron chi connectivity index (χ3n) is 3.73. The summed E-state index contributed by atoms with van der Waals surface area (Å²) in [5.74, 6) is -0.195. The van der Waals surface area contributed by atoms with Crippen LogP contribution in [0.5, 0.6) is 11.5 Å². The molecule has 1 heterocycles. The molecular formula is C18H17F2N5O2. The second kappa shape index (κ2) is 7.73. The van der Waals surface area contributed by atoms with E-state index >= 15 is 0 Å². The van der Waals surface area contributed by atoms with Gasteiger partial charge in [-0.15, -0.1) is 0 Å². The van der Waals surface area contributed by atoms with E-state index in [1.165, 1.54) is 19.5 Å². The van der Waals surface area contributed by atoms with Gasteiger partial charge in [-0.3, -0.25) is 0 Å². The van der Waals surface area contributed by atoms with Crippen molar-refractivity contribution >= 4 is 28.7 Å². The summed E-state index contributed by atoms with van der Waals surface area (Å²) < 4.78 is 36.9. The molecule has 0 amide bonds. The maximum absolute atomic E-state index is 13.4. The number of aromatic nitrogens is 2. The molecule has 0 aliphatic heterocycles. The molecule has 9 heteroatoms. The van der Waals surface area contributed by atoms with Crippen molar-refractivity contribution in [1.29, 1.82) is 0 Å². The third kappa shape index (κ3) is 3.97. The molecule has 0 saturated carbocycles. The van der Waals surface area contributed by atoms with Crippen molar-refractivity contribution in [2.45, 2.75) is 0 Å². The summed E-state index contributed by atoms with van der Waals surface area (Å²) in [6.07, 6.45) is 1.29. The Morgan fingerprint density at radius 2 is 1.63 bits per heavy atom. The molecule has 1 aromatic heterocycles. The zero-order valence-electron chi connectivity index (χ0n) is 14.6. The van der Waals surface area contributed by atoms with Gasteiger partial charge >= 0.3 is 0 Å². The summed E-state index contributed by atoms with van der Waals surface area (Å²) >= 11 is 0. The van der Waals surface area contributed by atoms with Crippen molar-refractivity contribution < 1.29 is 18.3 Å². The molecule has 0 atom stereocenters. The van der Waals surface area contributed by atoms with Crippen LogP contribution in [0.3, 0.4) is 0 Å². The van der Waals surface area contributed by atoms with E-state index in [0.717, 1.165) is 12.1 Å². The molecule has 0 spiro atoms. The van der Waals surface area contributed by atoms with Gasteiger partial charge in [0, 0.05) is 17.8 Å². The molecule has 140 valence electrons. The first-order valence-electron chi connectivity index (χ1n) is 7.83. The average Bonchev–Trinajstić information content (AvgIpc) is 2.68. The molecule has 0 aliphatic rings. The van der Waals surface area contributed by atoms with E-state index in [4.69, 9.17) is 15.2 Å². The second-order valence-electron chi connectivity index (χ2n) is 5.43. The zero-order chi connectivity index (χ0) is 19.4. The van der Waals surface area contributed by atoms with Crippen LogP contribution in [0.25, 0.3) is 0 Å². The number of anilines is 5. The topological polar surface area (TPSA) is 94.3 Å². The molecule has 0 unspecified atom stereocenters. The first kappa shape index (κ1) is 18.2. The lowest BCUT2D eigenvalue weighted by Crippen LogP contribution is -2.06. The summed E-state index contributed by atoms with van der Waals surface area (Å²) in [6.45, 7) is 0. The summed E-state index contributed by atoms with van der Waals surface area (Å²) in [5.41, 5.74) is 7.22. The number of nitrogens with one attached hydrogen (secondary N) is 2. The molecule has 0 fully saturated rings. The van der Waals surface area contributed by atoms with E-state index in [-0.39, 0.29) is 11.5 Å². The Morgan fingerprint density at radius 1 is 0.889 bits per heavy atom. The van der Waals surface area contributed by atoms with E-state index < -0.39 is 11.6 Å². The number of nitrogen functional groups attached to an aromatic ring is 1. The highest BCUT2D eigenvalue weighted by molar-refractivity contribution is 5.81. The van der Waals surface area contributed by atoms with Crippen LogP contribution >= 0.6 is 0 Å². The van der Waals surface area contributed by atoms with Gasteiger partial charge in [0.1, 0.15) is 23.5 Å². The van der Waals surface area contributed by atoms with E-state index in [1.807, 2.05) is 0 Å². The molecule has 3 rings (SSSR count). The van der Waals surface area contributed by atoms with Gasteiger partial charge in [-0.2, -0.15) is 0 Å². The fourth-order valence-electron chi connectivity index (χ4n) is 2.33. The van der Waals surface area contributed by atoms with Crippen molar-refractivity contribution in [2.24, 2.45) is 0 Å². The minimum Gasteiger partial charge on any atom is -0.497 e. The van der Waals surface area contributed by atoms with Crippen LogP contribution in [-0.2, 0) is 0 Å². The van der Waals surface area contributed by atoms with E-state index in [1.54, 1.807) is 25.3 Å². The predicted molar refractivity (Wildman–Crippen MR) is 98.9 cm³/mol. The minimum atomic E-state index is -0.978. The van der Waals surface area contributed by atoms with Crippen LogP contribution in [-0.4, -0.2) is 24.2 Å². The number of nitrogens with two attached hydrogens (primary N) is 1. The van der Waals surface area contributed by atoms with Crippen molar-refractivity contribution in [2.75, 3.05) is 30.6 Å². The van der Waals surface area contributed by atoms with E-state index in [9.17, 15) is 8.78 Å². The molecule has 27 heavy (non-hydrogen) atoms. The van der Waals surface area contributed by atoms with Gasteiger partial charge in [0.2, 0.25) is 0 Å². The van der Waals surface area contributed by atoms with E-state index in [0.29, 0.717) is 28.7 Å². The zero-order valence-corrected chi connectivity index (χ0v) is 14.6. The summed E-state index contributed by atoms with van der Waals surface area (Å²) in [7, 11) is 3.08. The molecule has 0 saturated heterocycles. The second-order valence-corrected chi connectivity index (χ2v) is 5.43. The maximum atomic E-state index is 13.4. The molecule has 7 nitrogen and oxygen atoms in total. The van der Waals surface area contributed by atoms with Gasteiger partial charge < -0.3 is 25.8 Å². The fourth-order valence-corrected chi connectivity index (χ4v) is 2.33. The van der Waals surface area contributed by atoms with E-state index in [2.05, 4.69) is 20.6 Å². The van der Waals surface area contributed by atoms with Crippen molar-refractivity contribution in [3.05, 3.63) is 54.4 Å². The smallest absolute Gasteiger partial charge is 0.160 e. The highest BCUT2D eigenvalue weighted by atomic mass is 19.2. The Balaban J connectivity index is 1.88. The Bertz CT molecular complexity index is 968. The van der Waals surface area contributed by atoms with Crippen LogP contribution < -0.4 is 25.8 Å². The monoisotopic (exact) mass is 373 g/mol. The highest BCUT2D eigenvalue weighted by Gasteiger charge is 2.12. The normalized spacial score (nSPS) is 10.4. The van der Waals surface area contributed by atoms with Gasteiger partial charge in [-0.1, -0.05) is 0 Å². The lowest BCUT2D eigenvalue weighted by atomic mass is 10.2. The molecule has 2 aromatic carbocycles. The number of halogens is 2. The number of benzene rings is 2. The summed E-state index contributed by atoms with van der Waals surface area (Å²) in [4.78, 5) is 8.16. The number of hydrogen-bond donors (Lipinski definition) is 3.